The molecule has 3 rings (SSSR count). The topological polar surface area (TPSA) is 126 Å². The second-order valence-electron chi connectivity index (χ2n) is 7.47. The number of amides is 1. The number of benzene rings is 1. The van der Waals surface area contributed by atoms with Crippen LogP contribution in [0.3, 0.4) is 0 Å². The minimum absolute atomic E-state index is 0.0259. The molecule has 3 N–H and O–H groups in total. The lowest BCUT2D eigenvalue weighted by molar-refractivity contribution is -0.114. The number of nitrogens with one attached hydrogen (secondary N) is 3. The van der Waals surface area contributed by atoms with Crippen molar-refractivity contribution < 1.29 is 13.2 Å². The molecule has 1 unspecified atom stereocenters. The minimum Gasteiger partial charge on any atom is -0.366 e. The van der Waals surface area contributed by atoms with Crippen LogP contribution in [0, 0.1) is 0 Å². The molecule has 1 aromatic carbocycles. The van der Waals surface area contributed by atoms with Gasteiger partial charge in [-0.3, -0.25) is 14.8 Å². The van der Waals surface area contributed by atoms with E-state index in [1.165, 1.54) is 19.2 Å². The molecule has 9 nitrogen and oxygen atoms in total. The summed E-state index contributed by atoms with van der Waals surface area (Å²) < 4.78 is 28.6. The van der Waals surface area contributed by atoms with Crippen molar-refractivity contribution >= 4 is 39.0 Å². The lowest BCUT2D eigenvalue weighted by Crippen LogP contribution is -2.28. The Kier molecular flexibility index (Phi) is 8.32. The zero-order chi connectivity index (χ0) is 23.8. The van der Waals surface area contributed by atoms with Crippen molar-refractivity contribution in [2.45, 2.75) is 37.6 Å². The van der Waals surface area contributed by atoms with Crippen LogP contribution in [-0.2, 0) is 27.7 Å². The molecule has 0 radical (unpaired) electrons. The summed E-state index contributed by atoms with van der Waals surface area (Å²) in [7, 11) is -3.87. The Morgan fingerprint density at radius 1 is 1.12 bits per heavy atom. The quantitative estimate of drug-likeness (QED) is 0.400. The van der Waals surface area contributed by atoms with Gasteiger partial charge in [0.15, 0.2) is 0 Å². The minimum atomic E-state index is -3.87. The van der Waals surface area contributed by atoms with Crippen LogP contribution in [0.2, 0.25) is 5.02 Å². The Bertz CT molecular complexity index is 1190. The summed E-state index contributed by atoms with van der Waals surface area (Å²) >= 11 is 6.04. The number of carbonyl (C=O) groups is 1. The van der Waals surface area contributed by atoms with Crippen LogP contribution in [0.5, 0.6) is 0 Å². The van der Waals surface area contributed by atoms with Gasteiger partial charge in [-0.15, -0.1) is 0 Å². The van der Waals surface area contributed by atoms with Crippen molar-refractivity contribution in [2.75, 3.05) is 17.2 Å². The van der Waals surface area contributed by atoms with Gasteiger partial charge in [-0.1, -0.05) is 23.7 Å². The molecule has 1 atom stereocenters. The van der Waals surface area contributed by atoms with Gasteiger partial charge in [0, 0.05) is 56.4 Å². The molecule has 0 aliphatic rings. The predicted octanol–water partition coefficient (Wildman–Crippen LogP) is 3.05. The molecule has 0 bridgehead atoms. The molecule has 0 aliphatic heterocycles. The van der Waals surface area contributed by atoms with Gasteiger partial charge in [0.2, 0.25) is 15.9 Å². The smallest absolute Gasteiger partial charge is 0.244 e. The molecular formula is C22H25ClN6O3S. The Balaban J connectivity index is 1.65. The normalized spacial score (nSPS) is 12.2. The van der Waals surface area contributed by atoms with E-state index in [9.17, 15) is 13.2 Å². The van der Waals surface area contributed by atoms with Gasteiger partial charge in [-0.25, -0.2) is 18.1 Å². The number of pyridine rings is 1. The Labute approximate surface area is 198 Å². The first-order valence-corrected chi connectivity index (χ1v) is 12.1. The summed E-state index contributed by atoms with van der Waals surface area (Å²) in [6.45, 7) is 3.52. The van der Waals surface area contributed by atoms with E-state index < -0.39 is 10.0 Å². The fourth-order valence-corrected chi connectivity index (χ4v) is 4.53. The molecule has 0 fully saturated rings. The van der Waals surface area contributed by atoms with Crippen LogP contribution >= 0.6 is 11.6 Å². The fourth-order valence-electron chi connectivity index (χ4n) is 3.13. The number of anilines is 2. The van der Waals surface area contributed by atoms with Gasteiger partial charge < -0.3 is 10.6 Å². The molecule has 3 aromatic rings. The third kappa shape index (κ3) is 7.48. The van der Waals surface area contributed by atoms with E-state index in [1.807, 2.05) is 19.1 Å². The number of hydrogen-bond donors (Lipinski definition) is 3. The van der Waals surface area contributed by atoms with Gasteiger partial charge in [-0.05, 0) is 37.1 Å². The highest BCUT2D eigenvalue weighted by atomic mass is 35.5. The van der Waals surface area contributed by atoms with Gasteiger partial charge in [0.1, 0.15) is 10.7 Å². The second-order valence-corrected chi connectivity index (χ2v) is 9.64. The fraction of sp³-hybridized carbons (Fsp3) is 0.273. The van der Waals surface area contributed by atoms with Crippen LogP contribution in [0.1, 0.15) is 25.1 Å². The number of sulfonamides is 1. The van der Waals surface area contributed by atoms with Crippen molar-refractivity contribution in [2.24, 2.45) is 0 Å². The first-order valence-electron chi connectivity index (χ1n) is 10.3. The molecule has 2 heterocycles. The van der Waals surface area contributed by atoms with Crippen molar-refractivity contribution in [1.82, 2.24) is 19.7 Å². The molecule has 1 amide bonds. The lowest BCUT2D eigenvalue weighted by atomic mass is 10.1. The van der Waals surface area contributed by atoms with Gasteiger partial charge in [0.25, 0.3) is 0 Å². The SMILES string of the molecule is CC(=O)Nc1ccc(CCNS(=O)(=O)c2cc(Cl)cnc2NC(C)Cc2cnccn2)cc1. The van der Waals surface area contributed by atoms with Gasteiger partial charge >= 0.3 is 0 Å². The highest BCUT2D eigenvalue weighted by Crippen LogP contribution is 2.23. The lowest BCUT2D eigenvalue weighted by Gasteiger charge is -2.17. The van der Waals surface area contributed by atoms with E-state index in [0.29, 0.717) is 18.5 Å². The average molecular weight is 489 g/mol. The second kappa shape index (κ2) is 11.2. The number of aromatic nitrogens is 3. The van der Waals surface area contributed by atoms with E-state index in [0.717, 1.165) is 11.3 Å². The van der Waals surface area contributed by atoms with Crippen molar-refractivity contribution in [3.63, 3.8) is 0 Å². The molecule has 11 heteroatoms. The molecular weight excluding hydrogens is 464 g/mol. The maximum atomic E-state index is 13.0. The summed E-state index contributed by atoms with van der Waals surface area (Å²) in [6.07, 6.45) is 7.27. The van der Waals surface area contributed by atoms with Crippen LogP contribution in [0.25, 0.3) is 0 Å². The van der Waals surface area contributed by atoms with Gasteiger partial charge in [-0.2, -0.15) is 0 Å². The van der Waals surface area contributed by atoms with Crippen LogP contribution in [-0.4, -0.2) is 41.9 Å². The zero-order valence-electron chi connectivity index (χ0n) is 18.2. The summed E-state index contributed by atoms with van der Waals surface area (Å²) in [5.41, 5.74) is 2.38. The third-order valence-corrected chi connectivity index (χ3v) is 6.29. The van der Waals surface area contributed by atoms with E-state index in [2.05, 4.69) is 30.3 Å². The van der Waals surface area contributed by atoms with Crippen LogP contribution in [0.4, 0.5) is 11.5 Å². The summed E-state index contributed by atoms with van der Waals surface area (Å²) in [5.74, 6) is 0.0593. The van der Waals surface area contributed by atoms with Crippen molar-refractivity contribution in [3.8, 4) is 0 Å². The monoisotopic (exact) mass is 488 g/mol. The standard InChI is InChI=1S/C22H25ClN6O3S/c1-15(11-20-14-24-9-10-25-20)28-22-21(12-18(23)13-26-22)33(31,32)27-8-7-17-3-5-19(6-4-17)29-16(2)30/h3-6,9-10,12-15,27H,7-8,11H2,1-2H3,(H,26,28)(H,29,30). The Hall–Kier alpha value is -3.08. The molecule has 0 saturated carbocycles. The Morgan fingerprint density at radius 2 is 1.88 bits per heavy atom. The molecule has 2 aromatic heterocycles. The van der Waals surface area contributed by atoms with Crippen molar-refractivity contribution in [3.05, 3.63) is 71.4 Å². The highest BCUT2D eigenvalue weighted by Gasteiger charge is 2.21. The summed E-state index contributed by atoms with van der Waals surface area (Å²) in [6, 6.07) is 8.44. The number of rotatable bonds is 10. The summed E-state index contributed by atoms with van der Waals surface area (Å²) in [4.78, 5) is 23.6. The van der Waals surface area contributed by atoms with E-state index in [-0.39, 0.29) is 34.2 Å². The van der Waals surface area contributed by atoms with Gasteiger partial charge in [0.05, 0.1) is 10.7 Å². The number of hydrogen-bond acceptors (Lipinski definition) is 7. The number of carbonyl (C=O) groups excluding carboxylic acids is 1. The zero-order valence-corrected chi connectivity index (χ0v) is 19.8. The highest BCUT2D eigenvalue weighted by molar-refractivity contribution is 7.89. The average Bonchev–Trinajstić information content (AvgIpc) is 2.76. The first kappa shape index (κ1) is 24.6. The largest absolute Gasteiger partial charge is 0.366 e. The van der Waals surface area contributed by atoms with E-state index in [4.69, 9.17) is 11.6 Å². The molecule has 0 saturated heterocycles. The molecule has 33 heavy (non-hydrogen) atoms. The number of halogens is 1. The Morgan fingerprint density at radius 3 is 2.55 bits per heavy atom. The molecule has 0 aliphatic carbocycles. The first-order chi connectivity index (χ1) is 15.7. The van der Waals surface area contributed by atoms with Crippen molar-refractivity contribution in [1.29, 1.82) is 0 Å². The molecule has 0 spiro atoms. The summed E-state index contributed by atoms with van der Waals surface area (Å²) in [5, 5.41) is 6.04. The van der Waals surface area contributed by atoms with Crippen LogP contribution < -0.4 is 15.4 Å². The molecule has 174 valence electrons. The van der Waals surface area contributed by atoms with Crippen LogP contribution in [0.15, 0.2) is 60.0 Å². The van der Waals surface area contributed by atoms with E-state index in [1.54, 1.807) is 30.7 Å². The third-order valence-electron chi connectivity index (χ3n) is 4.60. The van der Waals surface area contributed by atoms with E-state index >= 15 is 0 Å². The maximum Gasteiger partial charge on any atom is 0.244 e. The number of nitrogens with zero attached hydrogens (tertiary/aromatic N) is 3. The predicted molar refractivity (Wildman–Crippen MR) is 128 cm³/mol. The maximum absolute atomic E-state index is 13.0.